The van der Waals surface area contributed by atoms with Gasteiger partial charge in [-0.15, -0.1) is 0 Å². The van der Waals surface area contributed by atoms with E-state index in [4.69, 9.17) is 4.74 Å². The molecule has 0 N–H and O–H groups in total. The first kappa shape index (κ1) is 23.9. The number of hydrogen-bond donors (Lipinski definition) is 0. The molecule has 172 valence electrons. The van der Waals surface area contributed by atoms with Crippen molar-refractivity contribution in [2.75, 3.05) is 26.7 Å². The fourth-order valence-electron chi connectivity index (χ4n) is 3.80. The van der Waals surface area contributed by atoms with Crippen molar-refractivity contribution in [1.29, 1.82) is 0 Å². The third-order valence-corrected chi connectivity index (χ3v) is 7.60. The lowest BCUT2D eigenvalue weighted by atomic mass is 10.1. The van der Waals surface area contributed by atoms with Crippen molar-refractivity contribution < 1.29 is 22.7 Å². The van der Waals surface area contributed by atoms with Gasteiger partial charge >= 0.3 is 5.97 Å². The molecule has 32 heavy (non-hydrogen) atoms. The van der Waals surface area contributed by atoms with Crippen LogP contribution in [-0.2, 0) is 26.1 Å². The van der Waals surface area contributed by atoms with E-state index in [1.807, 2.05) is 30.3 Å². The number of rotatable bonds is 8. The highest BCUT2D eigenvalue weighted by Gasteiger charge is 2.28. The van der Waals surface area contributed by atoms with Gasteiger partial charge in [0.25, 0.3) is 5.91 Å². The Morgan fingerprint density at radius 2 is 1.72 bits per heavy atom. The van der Waals surface area contributed by atoms with E-state index in [9.17, 15) is 18.0 Å². The number of amides is 1. The van der Waals surface area contributed by atoms with Gasteiger partial charge in [-0.2, -0.15) is 4.31 Å². The molecule has 0 spiro atoms. The van der Waals surface area contributed by atoms with E-state index in [2.05, 4.69) is 0 Å². The van der Waals surface area contributed by atoms with E-state index in [0.717, 1.165) is 24.8 Å². The van der Waals surface area contributed by atoms with Gasteiger partial charge in [-0.3, -0.25) is 9.59 Å². The summed E-state index contributed by atoms with van der Waals surface area (Å²) in [6.45, 7) is 3.26. The molecule has 0 saturated carbocycles. The number of methoxy groups -OCH3 is 1. The normalized spacial score (nSPS) is 14.7. The Labute approximate surface area is 190 Å². The molecule has 1 amide bonds. The van der Waals surface area contributed by atoms with Crippen LogP contribution in [-0.4, -0.2) is 56.2 Å². The minimum atomic E-state index is -3.66. The molecule has 1 heterocycles. The molecule has 8 heteroatoms. The second kappa shape index (κ2) is 10.7. The maximum atomic E-state index is 13.5. The van der Waals surface area contributed by atoms with E-state index < -0.39 is 16.0 Å². The van der Waals surface area contributed by atoms with Gasteiger partial charge in [-0.1, -0.05) is 42.8 Å². The van der Waals surface area contributed by atoms with Gasteiger partial charge in [0.2, 0.25) is 10.0 Å². The third kappa shape index (κ3) is 5.75. The molecule has 0 aliphatic carbocycles. The van der Waals surface area contributed by atoms with Crippen LogP contribution in [0.5, 0.6) is 0 Å². The molecule has 0 radical (unpaired) electrons. The second-order valence-electron chi connectivity index (χ2n) is 7.98. The summed E-state index contributed by atoms with van der Waals surface area (Å²) in [5.41, 5.74) is 1.92. The van der Waals surface area contributed by atoms with Crippen LogP contribution in [0.15, 0.2) is 53.4 Å². The maximum Gasteiger partial charge on any atom is 0.307 e. The lowest BCUT2D eigenvalue weighted by molar-refractivity contribution is -0.140. The molecule has 2 aromatic carbocycles. The summed E-state index contributed by atoms with van der Waals surface area (Å²) in [5.74, 6) is -0.722. The molecule has 0 bridgehead atoms. The lowest BCUT2D eigenvalue weighted by Crippen LogP contribution is -2.36. The van der Waals surface area contributed by atoms with Crippen LogP contribution in [0.1, 0.15) is 47.2 Å². The van der Waals surface area contributed by atoms with Gasteiger partial charge in [-0.05, 0) is 43.0 Å². The summed E-state index contributed by atoms with van der Waals surface area (Å²) < 4.78 is 32.5. The predicted octanol–water partition coefficient (Wildman–Crippen LogP) is 3.38. The monoisotopic (exact) mass is 458 g/mol. The number of piperidine rings is 1. The number of ether oxygens (including phenoxy) is 1. The Kier molecular flexibility index (Phi) is 8.04. The molecule has 7 nitrogen and oxygen atoms in total. The maximum absolute atomic E-state index is 13.5. The molecule has 0 atom stereocenters. The Bertz CT molecular complexity index is 1050. The van der Waals surface area contributed by atoms with Crippen molar-refractivity contribution in [3.63, 3.8) is 0 Å². The number of aryl methyl sites for hydroxylation is 1. The topological polar surface area (TPSA) is 84.0 Å². The Hall–Kier alpha value is -2.71. The molecule has 1 saturated heterocycles. The molecule has 1 fully saturated rings. The third-order valence-electron chi connectivity index (χ3n) is 5.71. The molecule has 1 aliphatic heterocycles. The Morgan fingerprint density at radius 1 is 1.03 bits per heavy atom. The van der Waals surface area contributed by atoms with Crippen LogP contribution >= 0.6 is 0 Å². The van der Waals surface area contributed by atoms with Crippen LogP contribution in [0.3, 0.4) is 0 Å². The molecular weight excluding hydrogens is 428 g/mol. The number of esters is 1. The van der Waals surface area contributed by atoms with Crippen LogP contribution in [0.25, 0.3) is 0 Å². The van der Waals surface area contributed by atoms with Crippen molar-refractivity contribution in [3.05, 3.63) is 65.2 Å². The van der Waals surface area contributed by atoms with Crippen molar-refractivity contribution in [2.24, 2.45) is 0 Å². The minimum absolute atomic E-state index is 0.0554. The second-order valence-corrected chi connectivity index (χ2v) is 9.92. The van der Waals surface area contributed by atoms with Gasteiger partial charge in [0.05, 0.1) is 18.4 Å². The molecule has 0 aromatic heterocycles. The molecule has 1 aliphatic rings. The largest absolute Gasteiger partial charge is 0.469 e. The van der Waals surface area contributed by atoms with Crippen LogP contribution in [0, 0.1) is 6.92 Å². The predicted molar refractivity (Wildman–Crippen MR) is 122 cm³/mol. The summed E-state index contributed by atoms with van der Waals surface area (Å²) in [5, 5.41) is 0. The van der Waals surface area contributed by atoms with E-state index in [1.54, 1.807) is 24.0 Å². The smallest absolute Gasteiger partial charge is 0.307 e. The number of carbonyl (C=O) groups excluding carboxylic acids is 2. The number of sulfonamides is 1. The molecule has 2 aromatic rings. The standard InChI is InChI=1S/C24H30N2O5S/c1-19-11-12-21(32(29,30)26-14-7-4-8-15-26)17-22(19)24(28)25(16-13-23(27)31-2)18-20-9-5-3-6-10-20/h3,5-6,9-12,17H,4,7-8,13-16,18H2,1-2H3. The highest BCUT2D eigenvalue weighted by atomic mass is 32.2. The van der Waals surface area contributed by atoms with Gasteiger partial charge in [0.1, 0.15) is 0 Å². The van der Waals surface area contributed by atoms with Crippen LogP contribution in [0.2, 0.25) is 0 Å². The first-order valence-corrected chi connectivity index (χ1v) is 12.3. The summed E-state index contributed by atoms with van der Waals surface area (Å²) in [6, 6.07) is 14.2. The minimum Gasteiger partial charge on any atom is -0.469 e. The molecular formula is C24H30N2O5S. The van der Waals surface area contributed by atoms with Gasteiger partial charge in [-0.25, -0.2) is 8.42 Å². The van der Waals surface area contributed by atoms with E-state index in [1.165, 1.54) is 17.5 Å². The summed E-state index contributed by atoms with van der Waals surface area (Å²) in [7, 11) is -2.35. The average molecular weight is 459 g/mol. The highest BCUT2D eigenvalue weighted by Crippen LogP contribution is 2.24. The lowest BCUT2D eigenvalue weighted by Gasteiger charge is -2.27. The number of hydrogen-bond acceptors (Lipinski definition) is 5. The zero-order chi connectivity index (χ0) is 23.1. The molecule has 0 unspecified atom stereocenters. The average Bonchev–Trinajstić information content (AvgIpc) is 2.82. The summed E-state index contributed by atoms with van der Waals surface area (Å²) >= 11 is 0. The first-order valence-electron chi connectivity index (χ1n) is 10.8. The summed E-state index contributed by atoms with van der Waals surface area (Å²) in [6.07, 6.45) is 2.77. The quantitative estimate of drug-likeness (QED) is 0.567. The Morgan fingerprint density at radius 3 is 2.38 bits per heavy atom. The number of nitrogens with zero attached hydrogens (tertiary/aromatic N) is 2. The summed E-state index contributed by atoms with van der Waals surface area (Å²) in [4.78, 5) is 26.9. The van der Waals surface area contributed by atoms with Crippen molar-refractivity contribution in [1.82, 2.24) is 9.21 Å². The fourth-order valence-corrected chi connectivity index (χ4v) is 5.35. The Balaban J connectivity index is 1.90. The van der Waals surface area contributed by atoms with Crippen molar-refractivity contribution in [3.8, 4) is 0 Å². The molecule has 3 rings (SSSR count). The van der Waals surface area contributed by atoms with E-state index >= 15 is 0 Å². The SMILES string of the molecule is COC(=O)CCN(Cc1ccccc1)C(=O)c1cc(S(=O)(=O)N2CCCCC2)ccc1C. The van der Waals surface area contributed by atoms with Crippen LogP contribution in [0.4, 0.5) is 0 Å². The van der Waals surface area contributed by atoms with Crippen molar-refractivity contribution >= 4 is 21.9 Å². The van der Waals surface area contributed by atoms with Gasteiger partial charge in [0, 0.05) is 31.7 Å². The van der Waals surface area contributed by atoms with E-state index in [-0.39, 0.29) is 23.8 Å². The van der Waals surface area contributed by atoms with Gasteiger partial charge < -0.3 is 9.64 Å². The number of carbonyl (C=O) groups is 2. The first-order chi connectivity index (χ1) is 15.3. The fraction of sp³-hybridized carbons (Fsp3) is 0.417. The van der Waals surface area contributed by atoms with Gasteiger partial charge in [0.15, 0.2) is 0 Å². The van der Waals surface area contributed by atoms with Crippen LogP contribution < -0.4 is 0 Å². The highest BCUT2D eigenvalue weighted by molar-refractivity contribution is 7.89. The zero-order valence-corrected chi connectivity index (χ0v) is 19.4. The number of benzene rings is 2. The zero-order valence-electron chi connectivity index (χ0n) is 18.6. The van der Waals surface area contributed by atoms with E-state index in [0.29, 0.717) is 30.8 Å². The van der Waals surface area contributed by atoms with Crippen molar-refractivity contribution in [2.45, 2.75) is 44.0 Å².